The van der Waals surface area contributed by atoms with Crippen molar-refractivity contribution in [2.75, 3.05) is 13.7 Å². The van der Waals surface area contributed by atoms with Gasteiger partial charge in [0.05, 0.1) is 25.2 Å². The summed E-state index contributed by atoms with van der Waals surface area (Å²) in [5.74, 6) is 0.876. The summed E-state index contributed by atoms with van der Waals surface area (Å²) < 4.78 is 21.7. The van der Waals surface area contributed by atoms with Gasteiger partial charge in [-0.25, -0.2) is 4.79 Å². The molecular weight excluding hydrogens is 384 g/mol. The monoisotopic (exact) mass is 406 g/mol. The Balaban J connectivity index is 2.00. The molecule has 0 aliphatic carbocycles. The lowest BCUT2D eigenvalue weighted by Crippen LogP contribution is -2.25. The first-order valence-corrected chi connectivity index (χ1v) is 9.35. The summed E-state index contributed by atoms with van der Waals surface area (Å²) in [6.45, 7) is 3.53. The summed E-state index contributed by atoms with van der Waals surface area (Å²) >= 11 is 0. The molecule has 1 unspecified atom stereocenters. The highest BCUT2D eigenvalue weighted by molar-refractivity contribution is 5.92. The summed E-state index contributed by atoms with van der Waals surface area (Å²) in [5.41, 5.74) is 6.98. The number of methoxy groups -OCH3 is 1. The number of hydrogen-bond donors (Lipinski definition) is 1. The van der Waals surface area contributed by atoms with Gasteiger partial charge >= 0.3 is 5.97 Å². The Kier molecular flexibility index (Phi) is 6.28. The molecule has 2 aromatic rings. The van der Waals surface area contributed by atoms with Crippen LogP contribution in [0.1, 0.15) is 25.3 Å². The first-order chi connectivity index (χ1) is 14.5. The maximum Gasteiger partial charge on any atom is 0.338 e. The molecule has 7 heteroatoms. The number of benzene rings is 2. The molecule has 1 heterocycles. The van der Waals surface area contributed by atoms with Gasteiger partial charge in [0.25, 0.3) is 0 Å². The summed E-state index contributed by atoms with van der Waals surface area (Å²) in [6.07, 6.45) is 0. The predicted molar refractivity (Wildman–Crippen MR) is 109 cm³/mol. The lowest BCUT2D eigenvalue weighted by atomic mass is 9.83. The Morgan fingerprint density at radius 1 is 1.17 bits per heavy atom. The van der Waals surface area contributed by atoms with Crippen molar-refractivity contribution < 1.29 is 23.7 Å². The smallest absolute Gasteiger partial charge is 0.338 e. The maximum atomic E-state index is 12.6. The van der Waals surface area contributed by atoms with Crippen LogP contribution in [0.5, 0.6) is 17.2 Å². The molecule has 0 saturated heterocycles. The van der Waals surface area contributed by atoms with E-state index >= 15 is 0 Å². The molecule has 0 radical (unpaired) electrons. The molecular formula is C23H22N2O5. The highest BCUT2D eigenvalue weighted by Gasteiger charge is 2.36. The van der Waals surface area contributed by atoms with Crippen molar-refractivity contribution in [2.45, 2.75) is 19.8 Å². The molecule has 1 aliphatic heterocycles. The van der Waals surface area contributed by atoms with Crippen LogP contribution in [0.15, 0.2) is 71.3 Å². The van der Waals surface area contributed by atoms with Crippen molar-refractivity contribution in [3.63, 3.8) is 0 Å². The quantitative estimate of drug-likeness (QED) is 0.719. The zero-order valence-corrected chi connectivity index (χ0v) is 17.0. The van der Waals surface area contributed by atoms with Gasteiger partial charge in [-0.3, -0.25) is 0 Å². The fourth-order valence-corrected chi connectivity index (χ4v) is 3.23. The molecule has 2 N–H and O–H groups in total. The minimum Gasteiger partial charge on any atom is -0.497 e. The van der Waals surface area contributed by atoms with E-state index in [0.29, 0.717) is 22.8 Å². The van der Waals surface area contributed by atoms with Crippen LogP contribution in [0.4, 0.5) is 0 Å². The number of esters is 1. The Hall–Kier alpha value is -3.92. The zero-order chi connectivity index (χ0) is 21.7. The van der Waals surface area contributed by atoms with Crippen molar-refractivity contribution in [2.24, 2.45) is 5.73 Å². The second-order valence-electron chi connectivity index (χ2n) is 6.47. The van der Waals surface area contributed by atoms with Gasteiger partial charge in [-0.15, -0.1) is 0 Å². The minimum absolute atomic E-state index is 0.0328. The largest absolute Gasteiger partial charge is 0.497 e. The Morgan fingerprint density at radius 2 is 1.87 bits per heavy atom. The highest BCUT2D eigenvalue weighted by atomic mass is 16.5. The van der Waals surface area contributed by atoms with Crippen molar-refractivity contribution in [1.29, 1.82) is 5.26 Å². The van der Waals surface area contributed by atoms with E-state index in [1.54, 1.807) is 69.5 Å². The molecule has 1 atom stereocenters. The first kappa shape index (κ1) is 20.8. The van der Waals surface area contributed by atoms with E-state index in [-0.39, 0.29) is 23.6 Å². The molecule has 0 saturated carbocycles. The van der Waals surface area contributed by atoms with Crippen LogP contribution in [0.25, 0.3) is 0 Å². The van der Waals surface area contributed by atoms with Crippen LogP contribution >= 0.6 is 0 Å². The van der Waals surface area contributed by atoms with E-state index < -0.39 is 11.9 Å². The molecule has 0 bridgehead atoms. The molecule has 0 fully saturated rings. The number of nitrogens with zero attached hydrogens (tertiary/aromatic N) is 1. The molecule has 30 heavy (non-hydrogen) atoms. The van der Waals surface area contributed by atoms with Gasteiger partial charge < -0.3 is 24.7 Å². The van der Waals surface area contributed by atoms with Gasteiger partial charge in [0.1, 0.15) is 34.7 Å². The van der Waals surface area contributed by atoms with Gasteiger partial charge in [-0.2, -0.15) is 5.26 Å². The lowest BCUT2D eigenvalue weighted by molar-refractivity contribution is -0.139. The van der Waals surface area contributed by atoms with Crippen molar-refractivity contribution in [1.82, 2.24) is 0 Å². The van der Waals surface area contributed by atoms with Gasteiger partial charge in [0.2, 0.25) is 5.88 Å². The van der Waals surface area contributed by atoms with E-state index in [1.807, 2.05) is 0 Å². The molecule has 0 aromatic heterocycles. The number of carbonyl (C=O) groups excluding carboxylic acids is 1. The van der Waals surface area contributed by atoms with E-state index in [4.69, 9.17) is 24.7 Å². The molecule has 0 amide bonds. The maximum absolute atomic E-state index is 12.6. The second kappa shape index (κ2) is 9.05. The summed E-state index contributed by atoms with van der Waals surface area (Å²) in [4.78, 5) is 12.6. The third-order valence-corrected chi connectivity index (χ3v) is 4.59. The molecule has 1 aliphatic rings. The Bertz CT molecular complexity index is 1050. The number of nitrogens with two attached hydrogens (primary N) is 1. The number of carbonyl (C=O) groups is 1. The van der Waals surface area contributed by atoms with Crippen LogP contribution in [0.3, 0.4) is 0 Å². The topological polar surface area (TPSA) is 104 Å². The van der Waals surface area contributed by atoms with Crippen molar-refractivity contribution >= 4 is 5.97 Å². The third-order valence-electron chi connectivity index (χ3n) is 4.59. The fraction of sp³-hybridized carbons (Fsp3) is 0.217. The summed E-state index contributed by atoms with van der Waals surface area (Å²) in [6, 6.07) is 16.3. The van der Waals surface area contributed by atoms with Crippen LogP contribution in [0.2, 0.25) is 0 Å². The number of rotatable bonds is 6. The first-order valence-electron chi connectivity index (χ1n) is 9.35. The number of ether oxygens (including phenoxy) is 4. The van der Waals surface area contributed by atoms with Gasteiger partial charge in [-0.1, -0.05) is 12.1 Å². The van der Waals surface area contributed by atoms with Gasteiger partial charge in [0, 0.05) is 0 Å². The van der Waals surface area contributed by atoms with Gasteiger partial charge in [0.15, 0.2) is 0 Å². The van der Waals surface area contributed by atoms with Crippen LogP contribution in [-0.2, 0) is 14.3 Å². The van der Waals surface area contributed by atoms with E-state index in [2.05, 4.69) is 6.07 Å². The number of allylic oxidation sites excluding steroid dienone is 2. The summed E-state index contributed by atoms with van der Waals surface area (Å²) in [5, 5.41) is 9.68. The van der Waals surface area contributed by atoms with Crippen molar-refractivity contribution in [3.8, 4) is 23.3 Å². The molecule has 7 nitrogen and oxygen atoms in total. The summed E-state index contributed by atoms with van der Waals surface area (Å²) in [7, 11) is 1.59. The standard InChI is InChI=1S/C23H22N2O5/c1-4-28-23(26)20-14(2)29-22(25)19(13-24)21(20)15-6-5-7-18(12-15)30-17-10-8-16(27-3)9-11-17/h5-12,21H,4,25H2,1-3H3. The second-order valence-corrected chi connectivity index (χ2v) is 6.47. The van der Waals surface area contributed by atoms with Crippen LogP contribution < -0.4 is 15.2 Å². The highest BCUT2D eigenvalue weighted by Crippen LogP contribution is 2.40. The number of hydrogen-bond acceptors (Lipinski definition) is 7. The third kappa shape index (κ3) is 4.23. The molecule has 154 valence electrons. The minimum atomic E-state index is -0.720. The van der Waals surface area contributed by atoms with Crippen molar-refractivity contribution in [3.05, 3.63) is 76.9 Å². The molecule has 0 spiro atoms. The Morgan fingerprint density at radius 3 is 2.50 bits per heavy atom. The fourth-order valence-electron chi connectivity index (χ4n) is 3.23. The SMILES string of the molecule is CCOC(=O)C1=C(C)OC(N)=C(C#N)C1c1cccc(Oc2ccc(OC)cc2)c1. The average molecular weight is 406 g/mol. The van der Waals surface area contributed by atoms with E-state index in [0.717, 1.165) is 5.75 Å². The van der Waals surface area contributed by atoms with E-state index in [1.165, 1.54) is 0 Å². The van der Waals surface area contributed by atoms with Crippen LogP contribution in [0, 0.1) is 11.3 Å². The number of nitriles is 1. The molecule has 3 rings (SSSR count). The normalized spacial score (nSPS) is 15.9. The predicted octanol–water partition coefficient (Wildman–Crippen LogP) is 4.13. The zero-order valence-electron chi connectivity index (χ0n) is 17.0. The van der Waals surface area contributed by atoms with E-state index in [9.17, 15) is 10.1 Å². The lowest BCUT2D eigenvalue weighted by Gasteiger charge is -2.27. The molecule has 2 aromatic carbocycles. The van der Waals surface area contributed by atoms with Gasteiger partial charge in [-0.05, 0) is 55.8 Å². The average Bonchev–Trinajstić information content (AvgIpc) is 2.74. The Labute approximate surface area is 174 Å². The van der Waals surface area contributed by atoms with Crippen LogP contribution in [-0.4, -0.2) is 19.7 Å².